The molecule has 3 rings (SSSR count). The molecule has 0 unspecified atom stereocenters. The van der Waals surface area contributed by atoms with Crippen molar-refractivity contribution >= 4 is 5.78 Å². The van der Waals surface area contributed by atoms with Crippen LogP contribution in [0.2, 0.25) is 0 Å². The molecule has 1 fully saturated rings. The van der Waals surface area contributed by atoms with E-state index in [9.17, 15) is 22.4 Å². The Bertz CT molecular complexity index is 737. The minimum absolute atomic E-state index is 0.0634. The normalized spacial score (nSPS) is 20.5. The average Bonchev–Trinajstić information content (AvgIpc) is 2.52. The number of alkyl halides is 3. The van der Waals surface area contributed by atoms with Gasteiger partial charge < -0.3 is 0 Å². The average molecular weight is 336 g/mol. The molecular formula is C19H16F4O. The Labute approximate surface area is 137 Å². The lowest BCUT2D eigenvalue weighted by molar-refractivity contribution is -0.140. The van der Waals surface area contributed by atoms with E-state index in [1.807, 2.05) is 30.3 Å². The van der Waals surface area contributed by atoms with Gasteiger partial charge in [-0.3, -0.25) is 4.79 Å². The summed E-state index contributed by atoms with van der Waals surface area (Å²) < 4.78 is 51.8. The Kier molecular flexibility index (Phi) is 4.43. The van der Waals surface area contributed by atoms with Crippen molar-refractivity contribution < 1.29 is 22.4 Å². The second-order valence-electron chi connectivity index (χ2n) is 6.19. The summed E-state index contributed by atoms with van der Waals surface area (Å²) in [5.41, 5.74) is -0.339. The van der Waals surface area contributed by atoms with Crippen molar-refractivity contribution in [3.8, 4) is 0 Å². The van der Waals surface area contributed by atoms with Gasteiger partial charge in [0.2, 0.25) is 0 Å². The van der Waals surface area contributed by atoms with E-state index in [0.717, 1.165) is 30.5 Å². The number of rotatable bonds is 4. The summed E-state index contributed by atoms with van der Waals surface area (Å²) in [7, 11) is 0. The van der Waals surface area contributed by atoms with E-state index in [2.05, 4.69) is 0 Å². The first-order valence-corrected chi connectivity index (χ1v) is 7.81. The summed E-state index contributed by atoms with van der Waals surface area (Å²) in [6.07, 6.45) is -2.54. The predicted molar refractivity (Wildman–Crippen MR) is 82.1 cm³/mol. The van der Waals surface area contributed by atoms with Crippen molar-refractivity contribution in [2.24, 2.45) is 11.8 Å². The Balaban J connectivity index is 1.77. The first kappa shape index (κ1) is 16.7. The van der Waals surface area contributed by atoms with Crippen molar-refractivity contribution in [1.82, 2.24) is 0 Å². The van der Waals surface area contributed by atoms with Crippen LogP contribution < -0.4 is 0 Å². The highest BCUT2D eigenvalue weighted by atomic mass is 19.4. The molecule has 0 bridgehead atoms. The molecule has 2 aromatic rings. The molecule has 1 nitrogen and oxygen atoms in total. The van der Waals surface area contributed by atoms with Crippen LogP contribution >= 0.6 is 0 Å². The number of carbonyl (C=O) groups is 1. The van der Waals surface area contributed by atoms with Gasteiger partial charge in [-0.2, -0.15) is 13.2 Å². The van der Waals surface area contributed by atoms with Gasteiger partial charge in [0, 0.05) is 11.5 Å². The highest BCUT2D eigenvalue weighted by molar-refractivity contribution is 5.98. The molecule has 5 heteroatoms. The highest BCUT2D eigenvalue weighted by Crippen LogP contribution is 2.40. The summed E-state index contributed by atoms with van der Waals surface area (Å²) >= 11 is 0. The Morgan fingerprint density at radius 1 is 1.04 bits per heavy atom. The summed E-state index contributed by atoms with van der Waals surface area (Å²) in [5, 5.41) is 0. The molecule has 0 radical (unpaired) electrons. The number of benzene rings is 2. The molecule has 0 spiro atoms. The third kappa shape index (κ3) is 3.35. The van der Waals surface area contributed by atoms with Gasteiger partial charge in [0.15, 0.2) is 5.78 Å². The van der Waals surface area contributed by atoms with Gasteiger partial charge in [0.1, 0.15) is 5.82 Å². The molecule has 0 saturated heterocycles. The molecule has 0 amide bonds. The summed E-state index contributed by atoms with van der Waals surface area (Å²) in [5.74, 6) is -1.85. The maximum absolute atomic E-state index is 13.4. The van der Waals surface area contributed by atoms with Gasteiger partial charge in [-0.1, -0.05) is 30.3 Å². The minimum Gasteiger partial charge on any atom is -0.294 e. The predicted octanol–water partition coefficient (Wildman–Crippen LogP) is 5.30. The summed E-state index contributed by atoms with van der Waals surface area (Å²) in [6.45, 7) is 0. The fraction of sp³-hybridized carbons (Fsp3) is 0.316. The SMILES string of the molecule is O=C(c1ccc(F)c(C(F)(F)F)c1)[C@@H]1CC[C@@H]1Cc1ccccc1. The fourth-order valence-electron chi connectivity index (χ4n) is 3.19. The Morgan fingerprint density at radius 3 is 2.33 bits per heavy atom. The molecule has 1 saturated carbocycles. The minimum atomic E-state index is -4.80. The molecular weight excluding hydrogens is 320 g/mol. The van der Waals surface area contributed by atoms with Crippen LogP contribution in [-0.4, -0.2) is 5.78 Å². The number of Topliss-reactive ketones (excluding diaryl/α,β-unsaturated/α-hetero) is 1. The van der Waals surface area contributed by atoms with Crippen molar-refractivity contribution in [3.63, 3.8) is 0 Å². The number of hydrogen-bond acceptors (Lipinski definition) is 1. The maximum Gasteiger partial charge on any atom is 0.419 e. The quantitative estimate of drug-likeness (QED) is 0.547. The topological polar surface area (TPSA) is 17.1 Å². The van der Waals surface area contributed by atoms with Gasteiger partial charge in [-0.25, -0.2) is 4.39 Å². The highest BCUT2D eigenvalue weighted by Gasteiger charge is 2.39. The van der Waals surface area contributed by atoms with Gasteiger partial charge in [-0.15, -0.1) is 0 Å². The van der Waals surface area contributed by atoms with E-state index < -0.39 is 17.6 Å². The molecule has 0 N–H and O–H groups in total. The second-order valence-corrected chi connectivity index (χ2v) is 6.19. The van der Waals surface area contributed by atoms with Crippen molar-refractivity contribution in [2.75, 3.05) is 0 Å². The van der Waals surface area contributed by atoms with E-state index in [4.69, 9.17) is 0 Å². The molecule has 2 aromatic carbocycles. The van der Waals surface area contributed by atoms with E-state index in [1.54, 1.807) is 0 Å². The van der Waals surface area contributed by atoms with E-state index in [1.165, 1.54) is 0 Å². The Hall–Kier alpha value is -2.17. The monoisotopic (exact) mass is 336 g/mol. The number of halogens is 4. The van der Waals surface area contributed by atoms with Crippen LogP contribution in [0, 0.1) is 17.7 Å². The number of ketones is 1. The van der Waals surface area contributed by atoms with Crippen LogP contribution in [0.4, 0.5) is 17.6 Å². The molecule has 1 aliphatic carbocycles. The van der Waals surface area contributed by atoms with Gasteiger partial charge in [-0.05, 0) is 48.9 Å². The standard InChI is InChI=1S/C19H16F4O/c20-17-9-7-14(11-16(17)19(21,22)23)18(24)15-8-6-13(15)10-12-4-2-1-3-5-12/h1-5,7,9,11,13,15H,6,8,10H2/t13-,15-/m1/s1. The van der Waals surface area contributed by atoms with Crippen LogP contribution in [0.5, 0.6) is 0 Å². The maximum atomic E-state index is 13.4. The van der Waals surface area contributed by atoms with Gasteiger partial charge in [0.25, 0.3) is 0 Å². The van der Waals surface area contributed by atoms with Crippen molar-refractivity contribution in [3.05, 3.63) is 71.0 Å². The van der Waals surface area contributed by atoms with Crippen LogP contribution in [0.1, 0.15) is 34.3 Å². The molecule has 0 aromatic heterocycles. The second kappa shape index (κ2) is 6.38. The zero-order valence-electron chi connectivity index (χ0n) is 12.8. The first-order valence-electron chi connectivity index (χ1n) is 7.81. The Morgan fingerprint density at radius 2 is 1.75 bits per heavy atom. The van der Waals surface area contributed by atoms with E-state index in [-0.39, 0.29) is 23.2 Å². The number of carbonyl (C=O) groups excluding carboxylic acids is 1. The largest absolute Gasteiger partial charge is 0.419 e. The lowest BCUT2D eigenvalue weighted by Gasteiger charge is -2.35. The third-order valence-corrected chi connectivity index (χ3v) is 4.65. The van der Waals surface area contributed by atoms with Gasteiger partial charge in [0.05, 0.1) is 5.56 Å². The lowest BCUT2D eigenvalue weighted by Crippen LogP contribution is -2.34. The smallest absolute Gasteiger partial charge is 0.294 e. The molecule has 0 aliphatic heterocycles. The van der Waals surface area contributed by atoms with Crippen molar-refractivity contribution in [1.29, 1.82) is 0 Å². The zero-order chi connectivity index (χ0) is 17.3. The molecule has 24 heavy (non-hydrogen) atoms. The molecule has 2 atom stereocenters. The van der Waals surface area contributed by atoms with E-state index in [0.29, 0.717) is 12.5 Å². The van der Waals surface area contributed by atoms with Crippen LogP contribution in [0.15, 0.2) is 48.5 Å². The zero-order valence-corrected chi connectivity index (χ0v) is 12.8. The van der Waals surface area contributed by atoms with Gasteiger partial charge >= 0.3 is 6.18 Å². The van der Waals surface area contributed by atoms with Crippen LogP contribution in [-0.2, 0) is 12.6 Å². The molecule has 0 heterocycles. The lowest BCUT2D eigenvalue weighted by atomic mass is 9.67. The van der Waals surface area contributed by atoms with Crippen LogP contribution in [0.25, 0.3) is 0 Å². The van der Waals surface area contributed by atoms with E-state index >= 15 is 0 Å². The van der Waals surface area contributed by atoms with Crippen LogP contribution in [0.3, 0.4) is 0 Å². The fourth-order valence-corrected chi connectivity index (χ4v) is 3.19. The van der Waals surface area contributed by atoms with Crippen molar-refractivity contribution in [2.45, 2.75) is 25.4 Å². The first-order chi connectivity index (χ1) is 11.4. The molecule has 126 valence electrons. The summed E-state index contributed by atoms with van der Waals surface area (Å²) in [6, 6.07) is 12.2. The molecule has 1 aliphatic rings. The third-order valence-electron chi connectivity index (χ3n) is 4.65. The summed E-state index contributed by atoms with van der Waals surface area (Å²) in [4.78, 5) is 12.5. The number of hydrogen-bond donors (Lipinski definition) is 0.